The fraction of sp³-hybridized carbons (Fsp3) is 0.375. The van der Waals surface area contributed by atoms with Crippen LogP contribution in [0.25, 0.3) is 6.20 Å². The minimum absolute atomic E-state index is 0.583. The average molecular weight is 152 g/mol. The first-order valence-electron chi connectivity index (χ1n) is 3.56. The molecule has 0 aromatic carbocycles. The molecular formula is C8H12N2O. The van der Waals surface area contributed by atoms with Gasteiger partial charge in [-0.15, -0.1) is 0 Å². The Labute approximate surface area is 66.3 Å². The lowest BCUT2D eigenvalue weighted by atomic mass is 10.6. The second-order valence-corrected chi connectivity index (χ2v) is 2.31. The van der Waals surface area contributed by atoms with Crippen LogP contribution in [-0.4, -0.2) is 22.5 Å². The van der Waals surface area contributed by atoms with Crippen molar-refractivity contribution in [2.24, 2.45) is 0 Å². The third kappa shape index (κ3) is 3.57. The predicted octanol–water partition coefficient (Wildman–Crippen LogP) is 1.39. The number of hydrogen-bond donors (Lipinski definition) is 0. The Morgan fingerprint density at radius 2 is 2.45 bits per heavy atom. The third-order valence-corrected chi connectivity index (χ3v) is 1.21. The summed E-state index contributed by atoms with van der Waals surface area (Å²) >= 11 is 0. The molecule has 1 atom stereocenters. The first kappa shape index (κ1) is 8.01. The molecule has 1 unspecified atom stereocenters. The van der Waals surface area contributed by atoms with Gasteiger partial charge >= 0.3 is 0 Å². The molecule has 0 aliphatic carbocycles. The van der Waals surface area contributed by atoms with Gasteiger partial charge in [-0.05, 0) is 13.0 Å². The van der Waals surface area contributed by atoms with Crippen LogP contribution in [0.1, 0.15) is 6.92 Å². The van der Waals surface area contributed by atoms with E-state index >= 15 is 0 Å². The second kappa shape index (κ2) is 3.93. The Hall–Kier alpha value is -1.09. The lowest BCUT2D eigenvalue weighted by molar-refractivity contribution is 0.423. The van der Waals surface area contributed by atoms with E-state index in [1.54, 1.807) is 17.1 Å². The Morgan fingerprint density at radius 1 is 1.82 bits per heavy atom. The standard InChI is InChI=1S/C5H6N2.C3H6O/c1-2-7-5-3-4-6-7;1-3-2-4-3/h2-5H,1H2;3H,2H2,1H3. The summed E-state index contributed by atoms with van der Waals surface area (Å²) in [6, 6.07) is 1.85. The molecule has 2 rings (SSSR count). The van der Waals surface area contributed by atoms with Crippen molar-refractivity contribution in [1.82, 2.24) is 9.78 Å². The number of aromatic nitrogens is 2. The number of ether oxygens (including phenoxy) is 1. The van der Waals surface area contributed by atoms with E-state index in [0.29, 0.717) is 6.10 Å². The van der Waals surface area contributed by atoms with Crippen molar-refractivity contribution in [2.75, 3.05) is 6.61 Å². The molecule has 3 nitrogen and oxygen atoms in total. The molecule has 2 heterocycles. The normalized spacial score (nSPS) is 19.9. The van der Waals surface area contributed by atoms with Gasteiger partial charge in [0, 0.05) is 18.6 Å². The lowest BCUT2D eigenvalue weighted by Gasteiger charge is -1.80. The van der Waals surface area contributed by atoms with Gasteiger partial charge in [0.1, 0.15) is 0 Å². The predicted molar refractivity (Wildman–Crippen MR) is 44.0 cm³/mol. The highest BCUT2D eigenvalue weighted by Gasteiger charge is 2.13. The molecule has 1 saturated heterocycles. The van der Waals surface area contributed by atoms with E-state index in [-0.39, 0.29) is 0 Å². The molecule has 0 bridgehead atoms. The number of nitrogens with zero attached hydrogens (tertiary/aromatic N) is 2. The highest BCUT2D eigenvalue weighted by molar-refractivity contribution is 5.12. The average Bonchev–Trinajstić information content (AvgIpc) is 2.66. The van der Waals surface area contributed by atoms with Crippen LogP contribution in [0.4, 0.5) is 0 Å². The van der Waals surface area contributed by atoms with Gasteiger partial charge < -0.3 is 4.74 Å². The van der Waals surface area contributed by atoms with Crippen molar-refractivity contribution in [3.8, 4) is 0 Å². The van der Waals surface area contributed by atoms with Crippen LogP contribution in [0.2, 0.25) is 0 Å². The molecule has 0 spiro atoms. The fourth-order valence-electron chi connectivity index (χ4n) is 0.485. The first-order valence-corrected chi connectivity index (χ1v) is 3.56. The van der Waals surface area contributed by atoms with Crippen molar-refractivity contribution < 1.29 is 4.74 Å². The summed E-state index contributed by atoms with van der Waals surface area (Å²) in [6.45, 7) is 6.55. The minimum atomic E-state index is 0.583. The van der Waals surface area contributed by atoms with E-state index in [1.807, 2.05) is 12.3 Å². The molecule has 0 saturated carbocycles. The van der Waals surface area contributed by atoms with Gasteiger partial charge in [-0.25, -0.2) is 4.68 Å². The maximum absolute atomic E-state index is 4.71. The van der Waals surface area contributed by atoms with Crippen LogP contribution < -0.4 is 0 Å². The van der Waals surface area contributed by atoms with Crippen LogP contribution in [0.3, 0.4) is 0 Å². The lowest BCUT2D eigenvalue weighted by Crippen LogP contribution is -1.80. The molecule has 1 fully saturated rings. The topological polar surface area (TPSA) is 30.4 Å². The Morgan fingerprint density at radius 3 is 2.64 bits per heavy atom. The second-order valence-electron chi connectivity index (χ2n) is 2.31. The highest BCUT2D eigenvalue weighted by Crippen LogP contribution is 2.04. The minimum Gasteiger partial charge on any atom is -0.373 e. The van der Waals surface area contributed by atoms with E-state index in [2.05, 4.69) is 18.6 Å². The zero-order chi connectivity index (χ0) is 8.10. The van der Waals surface area contributed by atoms with Gasteiger partial charge in [-0.1, -0.05) is 6.58 Å². The summed E-state index contributed by atoms with van der Waals surface area (Å²) in [6.07, 6.45) is 5.76. The molecule has 60 valence electrons. The van der Waals surface area contributed by atoms with Gasteiger partial charge in [0.2, 0.25) is 0 Å². The maximum atomic E-state index is 4.71. The molecule has 1 aromatic heterocycles. The molecule has 0 N–H and O–H groups in total. The first-order chi connectivity index (χ1) is 5.33. The molecule has 1 aliphatic rings. The molecule has 11 heavy (non-hydrogen) atoms. The van der Waals surface area contributed by atoms with E-state index in [4.69, 9.17) is 4.74 Å². The van der Waals surface area contributed by atoms with Crippen LogP contribution in [-0.2, 0) is 4.74 Å². The Kier molecular flexibility index (Phi) is 2.86. The van der Waals surface area contributed by atoms with E-state index < -0.39 is 0 Å². The fourth-order valence-corrected chi connectivity index (χ4v) is 0.485. The number of rotatable bonds is 1. The maximum Gasteiger partial charge on any atom is 0.0781 e. The molecule has 1 aromatic rings. The smallest absolute Gasteiger partial charge is 0.0781 e. The summed E-state index contributed by atoms with van der Waals surface area (Å²) in [5.41, 5.74) is 0. The zero-order valence-corrected chi connectivity index (χ0v) is 6.60. The quantitative estimate of drug-likeness (QED) is 0.569. The third-order valence-electron chi connectivity index (χ3n) is 1.21. The van der Waals surface area contributed by atoms with Gasteiger partial charge in [0.25, 0.3) is 0 Å². The summed E-state index contributed by atoms with van der Waals surface area (Å²) in [7, 11) is 0. The molecule has 0 radical (unpaired) electrons. The molecular weight excluding hydrogens is 140 g/mol. The zero-order valence-electron chi connectivity index (χ0n) is 6.60. The van der Waals surface area contributed by atoms with E-state index in [9.17, 15) is 0 Å². The largest absolute Gasteiger partial charge is 0.373 e. The Bertz CT molecular complexity index is 202. The van der Waals surface area contributed by atoms with E-state index in [1.165, 1.54) is 0 Å². The molecule has 1 aliphatic heterocycles. The molecule has 0 amide bonds. The molecule has 3 heteroatoms. The summed E-state index contributed by atoms with van der Waals surface area (Å²) in [4.78, 5) is 0. The monoisotopic (exact) mass is 152 g/mol. The van der Waals surface area contributed by atoms with Crippen molar-refractivity contribution >= 4 is 6.20 Å². The van der Waals surface area contributed by atoms with Gasteiger partial charge in [-0.3, -0.25) is 0 Å². The van der Waals surface area contributed by atoms with Gasteiger partial charge in [0.05, 0.1) is 12.7 Å². The highest BCUT2D eigenvalue weighted by atomic mass is 16.6. The van der Waals surface area contributed by atoms with Crippen LogP contribution in [0.5, 0.6) is 0 Å². The Balaban J connectivity index is 0.000000128. The summed E-state index contributed by atoms with van der Waals surface area (Å²) in [5, 5.41) is 3.83. The van der Waals surface area contributed by atoms with Crippen molar-refractivity contribution in [3.05, 3.63) is 25.0 Å². The van der Waals surface area contributed by atoms with Crippen molar-refractivity contribution in [2.45, 2.75) is 13.0 Å². The van der Waals surface area contributed by atoms with Crippen molar-refractivity contribution in [1.29, 1.82) is 0 Å². The number of epoxide rings is 1. The SMILES string of the molecule is C=Cn1cccn1.CC1CO1. The van der Waals surface area contributed by atoms with Crippen LogP contribution in [0.15, 0.2) is 25.0 Å². The van der Waals surface area contributed by atoms with Crippen LogP contribution in [0, 0.1) is 0 Å². The van der Waals surface area contributed by atoms with Gasteiger partial charge in [0.15, 0.2) is 0 Å². The summed E-state index contributed by atoms with van der Waals surface area (Å²) in [5.74, 6) is 0. The number of hydrogen-bond acceptors (Lipinski definition) is 2. The van der Waals surface area contributed by atoms with Crippen molar-refractivity contribution in [3.63, 3.8) is 0 Å². The summed E-state index contributed by atoms with van der Waals surface area (Å²) < 4.78 is 6.35. The van der Waals surface area contributed by atoms with Crippen LogP contribution >= 0.6 is 0 Å². The van der Waals surface area contributed by atoms with E-state index in [0.717, 1.165) is 6.61 Å². The van der Waals surface area contributed by atoms with Gasteiger partial charge in [-0.2, -0.15) is 5.10 Å².